The minimum absolute atomic E-state index is 0.139. The number of carbonyl (C=O) groups excluding carboxylic acids is 1. The summed E-state index contributed by atoms with van der Waals surface area (Å²) in [5.74, 6) is -2.81. The van der Waals surface area contributed by atoms with Crippen molar-refractivity contribution >= 4 is 47.0 Å². The lowest BCUT2D eigenvalue weighted by Gasteiger charge is -2.45. The first-order chi connectivity index (χ1) is 25.5. The van der Waals surface area contributed by atoms with Crippen LogP contribution in [0, 0.1) is 5.92 Å². The van der Waals surface area contributed by atoms with E-state index < -0.39 is 38.0 Å². The van der Waals surface area contributed by atoms with Gasteiger partial charge >= 0.3 is 6.09 Å². The van der Waals surface area contributed by atoms with Gasteiger partial charge in [0.05, 0.1) is 19.2 Å². The minimum Gasteiger partial charge on any atom is -0.444 e. The zero-order chi connectivity index (χ0) is 38.5. The fraction of sp³-hybridized carbons (Fsp3) is 0.432. The van der Waals surface area contributed by atoms with Crippen molar-refractivity contribution in [1.29, 1.82) is 0 Å². The molecule has 0 unspecified atom stereocenters. The molecule has 2 atom stereocenters. The van der Waals surface area contributed by atoms with Gasteiger partial charge < -0.3 is 19.0 Å². The normalized spacial score (nSPS) is 18.8. The van der Waals surface area contributed by atoms with Crippen LogP contribution in [0.5, 0.6) is 0 Å². The second-order valence-corrected chi connectivity index (χ2v) is 22.8. The number of hydrogen-bond donors (Lipinski definition) is 1. The molecule has 0 radical (unpaired) electrons. The Bertz CT molecular complexity index is 2030. The zero-order valence-corrected chi connectivity index (χ0v) is 34.3. The number of halogens is 2. The number of benzene rings is 3. The highest BCUT2D eigenvalue weighted by Crippen LogP contribution is 2.45. The summed E-state index contributed by atoms with van der Waals surface area (Å²) < 4.78 is 46.0. The zero-order valence-electron chi connectivity index (χ0n) is 32.5. The van der Waals surface area contributed by atoms with Gasteiger partial charge in [0.15, 0.2) is 0 Å². The predicted octanol–water partition coefficient (Wildman–Crippen LogP) is 9.19. The summed E-state index contributed by atoms with van der Waals surface area (Å²) >= 11 is 1.69. The van der Waals surface area contributed by atoms with Crippen LogP contribution in [0.15, 0.2) is 97.1 Å². The maximum atomic E-state index is 16.8. The van der Waals surface area contributed by atoms with Crippen LogP contribution < -0.4 is 10.4 Å². The average Bonchev–Trinajstić information content (AvgIpc) is 3.70. The maximum absolute atomic E-state index is 16.8. The number of nitrogens with zero attached hydrogens (tertiary/aromatic N) is 2. The number of hydrogen-bond acceptors (Lipinski definition) is 5. The Morgan fingerprint density at radius 2 is 1.48 bits per heavy atom. The average molecular weight is 770 g/mol. The van der Waals surface area contributed by atoms with Crippen molar-refractivity contribution in [2.24, 2.45) is 5.92 Å². The van der Waals surface area contributed by atoms with Gasteiger partial charge in [0.1, 0.15) is 5.60 Å². The van der Waals surface area contributed by atoms with Crippen molar-refractivity contribution in [3.8, 4) is 0 Å². The molecule has 5 aromatic rings. The molecular formula is C44H53F2N3O3SSi. The molecule has 286 valence electrons. The number of amides is 1. The van der Waals surface area contributed by atoms with Crippen molar-refractivity contribution in [3.05, 3.63) is 118 Å². The van der Waals surface area contributed by atoms with Crippen molar-refractivity contribution < 1.29 is 22.7 Å². The van der Waals surface area contributed by atoms with Crippen molar-refractivity contribution in [3.63, 3.8) is 0 Å². The van der Waals surface area contributed by atoms with Crippen molar-refractivity contribution in [2.45, 2.75) is 90.0 Å². The third-order valence-electron chi connectivity index (χ3n) is 10.9. The summed E-state index contributed by atoms with van der Waals surface area (Å²) in [7, 11) is -3.17. The standard InChI is InChI=1S/C44H53F2N3O3SSi/c1-30-24-36-35-20-14-15-21-37(35)47-39(36)40(38-23-22-32(53-38)25-31-26-48(27-31)41(50)52-42(2,3)4)49(30)28-44(45,46)29-51-54(43(5,6)7,33-16-10-8-11-17-33)34-18-12-9-13-19-34/h8-23,30-31,40,47H,24-29H2,1-7H3/t30-,40-/m1/s1. The molecule has 0 saturated carbocycles. The van der Waals surface area contributed by atoms with E-state index in [1.807, 2.05) is 98.5 Å². The van der Waals surface area contributed by atoms with Crippen LogP contribution in [0.3, 0.4) is 0 Å². The highest BCUT2D eigenvalue weighted by molar-refractivity contribution is 7.12. The molecule has 1 saturated heterocycles. The van der Waals surface area contributed by atoms with E-state index in [1.54, 1.807) is 16.2 Å². The molecule has 3 aromatic carbocycles. The molecule has 0 bridgehead atoms. The quantitative estimate of drug-likeness (QED) is 0.144. The largest absolute Gasteiger partial charge is 0.444 e. The van der Waals surface area contributed by atoms with Gasteiger partial charge in [-0.05, 0) is 85.6 Å². The molecule has 2 aliphatic rings. The lowest BCUT2D eigenvalue weighted by atomic mass is 9.91. The van der Waals surface area contributed by atoms with Gasteiger partial charge in [0.25, 0.3) is 14.2 Å². The van der Waals surface area contributed by atoms with E-state index in [0.717, 1.165) is 38.3 Å². The molecule has 0 aliphatic carbocycles. The Balaban J connectivity index is 1.17. The number of H-pyrrole nitrogens is 1. The maximum Gasteiger partial charge on any atom is 0.410 e. The number of carbonyl (C=O) groups is 1. The van der Waals surface area contributed by atoms with E-state index in [9.17, 15) is 4.79 Å². The molecule has 0 spiro atoms. The number of alkyl halides is 2. The van der Waals surface area contributed by atoms with Gasteiger partial charge in [-0.3, -0.25) is 4.90 Å². The van der Waals surface area contributed by atoms with Gasteiger partial charge in [0.2, 0.25) is 0 Å². The molecule has 6 nitrogen and oxygen atoms in total. The number of nitrogens with one attached hydrogen (secondary N) is 1. The third-order valence-corrected chi connectivity index (χ3v) is 17.0. The summed E-state index contributed by atoms with van der Waals surface area (Å²) in [5.41, 5.74) is 2.69. The van der Waals surface area contributed by atoms with Gasteiger partial charge in [0, 0.05) is 45.5 Å². The van der Waals surface area contributed by atoms with Crippen LogP contribution in [0.4, 0.5) is 13.6 Å². The van der Waals surface area contributed by atoms with Crippen LogP contribution in [0.2, 0.25) is 5.04 Å². The second kappa shape index (κ2) is 14.7. The number of aromatic amines is 1. The third kappa shape index (κ3) is 7.67. The van der Waals surface area contributed by atoms with Crippen LogP contribution in [-0.2, 0) is 22.0 Å². The Hall–Kier alpha value is -3.83. The fourth-order valence-corrected chi connectivity index (χ4v) is 14.3. The SMILES string of the molecule is C[C@@H]1Cc2c([nH]c3ccccc23)[C@@H](c2ccc(CC3CN(C(=O)OC(C)(C)C)C3)s2)N1CC(F)(F)CO[Si](c1ccccc1)(c1ccccc1)C(C)(C)C. The molecule has 4 heterocycles. The van der Waals surface area contributed by atoms with Crippen molar-refractivity contribution in [1.82, 2.24) is 14.8 Å². The van der Waals surface area contributed by atoms with Gasteiger partial charge in [-0.15, -0.1) is 11.3 Å². The first kappa shape index (κ1) is 38.4. The summed E-state index contributed by atoms with van der Waals surface area (Å²) in [5, 5.41) is 2.71. The molecule has 1 fully saturated rings. The summed E-state index contributed by atoms with van der Waals surface area (Å²) in [6, 6.07) is 32.0. The van der Waals surface area contributed by atoms with E-state index >= 15 is 8.78 Å². The minimum atomic E-state index is -3.17. The molecular weight excluding hydrogens is 717 g/mol. The van der Waals surface area contributed by atoms with Crippen LogP contribution >= 0.6 is 11.3 Å². The van der Waals surface area contributed by atoms with Crippen LogP contribution in [0.25, 0.3) is 10.9 Å². The highest BCUT2D eigenvalue weighted by atomic mass is 32.1. The molecule has 7 rings (SSSR count). The molecule has 10 heteroatoms. The molecule has 2 aromatic heterocycles. The Morgan fingerprint density at radius 1 is 0.870 bits per heavy atom. The van der Waals surface area contributed by atoms with Crippen molar-refractivity contribution in [2.75, 3.05) is 26.2 Å². The molecule has 2 aliphatic heterocycles. The first-order valence-corrected chi connectivity index (χ1v) is 21.8. The number of likely N-dealkylation sites (tertiary alicyclic amines) is 1. The van der Waals surface area contributed by atoms with E-state index in [0.29, 0.717) is 25.4 Å². The number of fused-ring (bicyclic) bond motifs is 3. The molecule has 54 heavy (non-hydrogen) atoms. The Morgan fingerprint density at radius 3 is 2.09 bits per heavy atom. The van der Waals surface area contributed by atoms with Gasteiger partial charge in [-0.2, -0.15) is 0 Å². The summed E-state index contributed by atoms with van der Waals surface area (Å²) in [6.45, 7) is 14.2. The van der Waals surface area contributed by atoms with Gasteiger partial charge in [-0.1, -0.05) is 99.6 Å². The lowest BCUT2D eigenvalue weighted by Crippen LogP contribution is -2.67. The topological polar surface area (TPSA) is 57.8 Å². The number of ether oxygens (including phenoxy) is 1. The van der Waals surface area contributed by atoms with Crippen LogP contribution in [-0.4, -0.2) is 73.0 Å². The number of para-hydroxylation sites is 1. The lowest BCUT2D eigenvalue weighted by molar-refractivity contribution is -0.0818. The molecule has 1 amide bonds. The summed E-state index contributed by atoms with van der Waals surface area (Å²) in [4.78, 5) is 22.2. The number of rotatable bonds is 10. The number of aromatic nitrogens is 1. The first-order valence-electron chi connectivity index (χ1n) is 19.1. The van der Waals surface area contributed by atoms with Crippen LogP contribution in [0.1, 0.15) is 75.5 Å². The Labute approximate surface area is 323 Å². The summed E-state index contributed by atoms with van der Waals surface area (Å²) in [6.07, 6.45) is 1.22. The van der Waals surface area contributed by atoms with Gasteiger partial charge in [-0.25, -0.2) is 13.6 Å². The van der Waals surface area contributed by atoms with E-state index in [-0.39, 0.29) is 18.2 Å². The fourth-order valence-electron chi connectivity index (χ4n) is 8.46. The predicted molar refractivity (Wildman–Crippen MR) is 218 cm³/mol. The van der Waals surface area contributed by atoms with E-state index in [1.165, 1.54) is 10.4 Å². The highest BCUT2D eigenvalue weighted by Gasteiger charge is 2.52. The second-order valence-electron chi connectivity index (χ2n) is 17.3. The number of thiophene rings is 1. The molecule has 1 N–H and O–H groups in total. The smallest absolute Gasteiger partial charge is 0.410 e. The monoisotopic (exact) mass is 769 g/mol. The Kier molecular flexibility index (Phi) is 10.4. The van der Waals surface area contributed by atoms with E-state index in [4.69, 9.17) is 9.16 Å². The van der Waals surface area contributed by atoms with E-state index in [2.05, 4.69) is 56.9 Å².